The number of rotatable bonds is 3. The number of alkyl halides is 3. The molecular weight excluding hydrogens is 336 g/mol. The molecule has 0 heterocycles. The van der Waals surface area contributed by atoms with E-state index >= 15 is 0 Å². The van der Waals surface area contributed by atoms with Gasteiger partial charge in [-0.05, 0) is 55.2 Å². The SMILES string of the molecule is NC1C2CCCC1CC(C(=O)NC(c1ccc(F)cc1)C(F)(F)F)C2. The number of carbonyl (C=O) groups is 1. The highest BCUT2D eigenvalue weighted by molar-refractivity contribution is 5.79. The summed E-state index contributed by atoms with van der Waals surface area (Å²) in [5, 5.41) is 2.14. The molecule has 1 amide bonds. The van der Waals surface area contributed by atoms with Gasteiger partial charge < -0.3 is 11.1 Å². The number of nitrogens with two attached hydrogens (primary N) is 1. The van der Waals surface area contributed by atoms with E-state index in [4.69, 9.17) is 5.73 Å². The highest BCUT2D eigenvalue weighted by atomic mass is 19.4. The van der Waals surface area contributed by atoms with Crippen molar-refractivity contribution < 1.29 is 22.4 Å². The van der Waals surface area contributed by atoms with Gasteiger partial charge in [0.05, 0.1) is 0 Å². The molecule has 2 aliphatic rings. The van der Waals surface area contributed by atoms with Crippen molar-refractivity contribution in [3.05, 3.63) is 35.6 Å². The Morgan fingerprint density at radius 1 is 1.12 bits per heavy atom. The summed E-state index contributed by atoms with van der Waals surface area (Å²) in [5.41, 5.74) is 6.00. The molecule has 3 unspecified atom stereocenters. The van der Waals surface area contributed by atoms with Crippen LogP contribution in [0.15, 0.2) is 24.3 Å². The van der Waals surface area contributed by atoms with Crippen molar-refractivity contribution in [1.82, 2.24) is 5.32 Å². The molecule has 2 aliphatic carbocycles. The lowest BCUT2D eigenvalue weighted by atomic mass is 9.65. The Balaban J connectivity index is 1.73. The molecule has 25 heavy (non-hydrogen) atoms. The third-order valence-electron chi connectivity index (χ3n) is 5.60. The van der Waals surface area contributed by atoms with E-state index in [-0.39, 0.29) is 23.4 Å². The van der Waals surface area contributed by atoms with E-state index < -0.39 is 29.9 Å². The zero-order chi connectivity index (χ0) is 18.2. The highest BCUT2D eigenvalue weighted by Crippen LogP contribution is 2.42. The zero-order valence-electron chi connectivity index (χ0n) is 13.7. The second kappa shape index (κ2) is 6.94. The van der Waals surface area contributed by atoms with Gasteiger partial charge in [0.25, 0.3) is 0 Å². The minimum absolute atomic E-state index is 0.0494. The van der Waals surface area contributed by atoms with E-state index in [1.54, 1.807) is 0 Å². The van der Waals surface area contributed by atoms with Gasteiger partial charge in [-0.3, -0.25) is 4.79 Å². The standard InChI is InChI=1S/C18H22F4N2O/c19-14-6-4-10(5-7-14)16(18(20,21)22)24-17(25)13-8-11-2-1-3-12(9-13)15(11)23/h4-7,11-13,15-16H,1-3,8-9,23H2,(H,24,25). The number of carbonyl (C=O) groups excluding carboxylic acids is 1. The largest absolute Gasteiger partial charge is 0.412 e. The molecule has 138 valence electrons. The number of hydrogen-bond acceptors (Lipinski definition) is 2. The molecule has 1 aromatic carbocycles. The second-order valence-corrected chi connectivity index (χ2v) is 7.23. The van der Waals surface area contributed by atoms with Crippen LogP contribution in [-0.4, -0.2) is 18.1 Å². The van der Waals surface area contributed by atoms with Gasteiger partial charge in [0, 0.05) is 12.0 Å². The summed E-state index contributed by atoms with van der Waals surface area (Å²) in [7, 11) is 0. The first-order chi connectivity index (χ1) is 11.8. The van der Waals surface area contributed by atoms with Crippen molar-refractivity contribution in [1.29, 1.82) is 0 Å². The molecule has 0 radical (unpaired) electrons. The van der Waals surface area contributed by atoms with Gasteiger partial charge in [0.2, 0.25) is 5.91 Å². The van der Waals surface area contributed by atoms with Crippen LogP contribution in [0.4, 0.5) is 17.6 Å². The predicted molar refractivity (Wildman–Crippen MR) is 84.9 cm³/mol. The molecule has 3 rings (SSSR count). The van der Waals surface area contributed by atoms with Crippen LogP contribution in [0.3, 0.4) is 0 Å². The third-order valence-corrected chi connectivity index (χ3v) is 5.60. The fourth-order valence-electron chi connectivity index (χ4n) is 4.27. The number of nitrogens with one attached hydrogen (secondary N) is 1. The molecule has 3 N–H and O–H groups in total. The number of benzene rings is 1. The summed E-state index contributed by atoms with van der Waals surface area (Å²) in [6, 6.07) is 1.96. The van der Waals surface area contributed by atoms with E-state index in [0.29, 0.717) is 12.8 Å². The summed E-state index contributed by atoms with van der Waals surface area (Å²) in [5.74, 6) is -1.24. The smallest absolute Gasteiger partial charge is 0.341 e. The van der Waals surface area contributed by atoms with E-state index in [9.17, 15) is 22.4 Å². The van der Waals surface area contributed by atoms with Crippen LogP contribution in [0, 0.1) is 23.6 Å². The third kappa shape index (κ3) is 3.97. The first-order valence-electron chi connectivity index (χ1n) is 8.64. The van der Waals surface area contributed by atoms with Crippen LogP contribution in [0.25, 0.3) is 0 Å². The summed E-state index contributed by atoms with van der Waals surface area (Å²) >= 11 is 0. The normalized spacial score (nSPS) is 30.6. The van der Waals surface area contributed by atoms with Gasteiger partial charge in [-0.15, -0.1) is 0 Å². The Labute approximate surface area is 144 Å². The minimum atomic E-state index is -4.64. The van der Waals surface area contributed by atoms with Crippen LogP contribution in [-0.2, 0) is 4.79 Å². The second-order valence-electron chi connectivity index (χ2n) is 7.23. The molecule has 0 aliphatic heterocycles. The van der Waals surface area contributed by atoms with Gasteiger partial charge >= 0.3 is 6.18 Å². The van der Waals surface area contributed by atoms with Crippen molar-refractivity contribution in [2.24, 2.45) is 23.5 Å². The average Bonchev–Trinajstić information content (AvgIpc) is 2.52. The van der Waals surface area contributed by atoms with Gasteiger partial charge in [-0.25, -0.2) is 4.39 Å². The summed E-state index contributed by atoms with van der Waals surface area (Å²) in [6.45, 7) is 0. The number of hydrogen-bond donors (Lipinski definition) is 2. The molecule has 2 saturated carbocycles. The van der Waals surface area contributed by atoms with Crippen LogP contribution < -0.4 is 11.1 Å². The minimum Gasteiger partial charge on any atom is -0.341 e. The maximum absolute atomic E-state index is 13.4. The van der Waals surface area contributed by atoms with E-state index in [0.717, 1.165) is 43.5 Å². The van der Waals surface area contributed by atoms with Crippen molar-refractivity contribution in [2.75, 3.05) is 0 Å². The Kier molecular flexibility index (Phi) is 5.04. The quantitative estimate of drug-likeness (QED) is 0.810. The van der Waals surface area contributed by atoms with Crippen molar-refractivity contribution in [3.8, 4) is 0 Å². The molecule has 7 heteroatoms. The van der Waals surface area contributed by atoms with E-state index in [1.807, 2.05) is 0 Å². The molecular formula is C18H22F4N2O. The summed E-state index contributed by atoms with van der Waals surface area (Å²) < 4.78 is 53.2. The Hall–Kier alpha value is -1.63. The first kappa shape index (κ1) is 18.2. The maximum atomic E-state index is 13.4. The predicted octanol–water partition coefficient (Wildman–Crippen LogP) is 3.70. The number of halogens is 4. The van der Waals surface area contributed by atoms with Crippen LogP contribution in [0.1, 0.15) is 43.7 Å². The molecule has 0 aromatic heterocycles. The molecule has 3 atom stereocenters. The fraction of sp³-hybridized carbons (Fsp3) is 0.611. The fourth-order valence-corrected chi connectivity index (χ4v) is 4.27. The van der Waals surface area contributed by atoms with Gasteiger partial charge in [0.15, 0.2) is 6.04 Å². The maximum Gasteiger partial charge on any atom is 0.412 e. The van der Waals surface area contributed by atoms with Crippen LogP contribution in [0.2, 0.25) is 0 Å². The monoisotopic (exact) mass is 358 g/mol. The molecule has 0 saturated heterocycles. The summed E-state index contributed by atoms with van der Waals surface area (Å²) in [6.07, 6.45) is -0.633. The number of amides is 1. The van der Waals surface area contributed by atoms with Crippen LogP contribution in [0.5, 0.6) is 0 Å². The number of fused-ring (bicyclic) bond motifs is 2. The lowest BCUT2D eigenvalue weighted by Gasteiger charge is -2.43. The Morgan fingerprint density at radius 3 is 2.20 bits per heavy atom. The van der Waals surface area contributed by atoms with Crippen LogP contribution >= 0.6 is 0 Å². The first-order valence-corrected chi connectivity index (χ1v) is 8.64. The van der Waals surface area contributed by atoms with Crippen molar-refractivity contribution in [3.63, 3.8) is 0 Å². The lowest BCUT2D eigenvalue weighted by Crippen LogP contribution is -2.50. The highest BCUT2D eigenvalue weighted by Gasteiger charge is 2.45. The lowest BCUT2D eigenvalue weighted by molar-refractivity contribution is -0.165. The zero-order valence-corrected chi connectivity index (χ0v) is 13.7. The van der Waals surface area contributed by atoms with Gasteiger partial charge in [-0.2, -0.15) is 13.2 Å². The molecule has 1 aromatic rings. The Morgan fingerprint density at radius 2 is 1.68 bits per heavy atom. The molecule has 2 bridgehead atoms. The topological polar surface area (TPSA) is 55.1 Å². The Bertz CT molecular complexity index is 602. The van der Waals surface area contributed by atoms with Crippen molar-refractivity contribution >= 4 is 5.91 Å². The molecule has 3 nitrogen and oxygen atoms in total. The van der Waals surface area contributed by atoms with Gasteiger partial charge in [0.1, 0.15) is 5.82 Å². The summed E-state index contributed by atoms with van der Waals surface area (Å²) in [4.78, 5) is 12.5. The van der Waals surface area contributed by atoms with E-state index in [2.05, 4.69) is 5.32 Å². The average molecular weight is 358 g/mol. The van der Waals surface area contributed by atoms with E-state index in [1.165, 1.54) is 0 Å². The molecule has 0 spiro atoms. The van der Waals surface area contributed by atoms with Gasteiger partial charge in [-0.1, -0.05) is 18.6 Å². The van der Waals surface area contributed by atoms with Crippen molar-refractivity contribution in [2.45, 2.75) is 50.4 Å². The molecule has 2 fully saturated rings.